The molecule has 2 N–H and O–H groups in total. The van der Waals surface area contributed by atoms with Crippen molar-refractivity contribution in [1.29, 1.82) is 0 Å². The van der Waals surface area contributed by atoms with E-state index in [0.29, 0.717) is 5.92 Å². The number of benzene rings is 2. The summed E-state index contributed by atoms with van der Waals surface area (Å²) in [6, 6.07) is 15.0. The number of likely N-dealkylation sites (N-methyl/N-ethyl adjacent to an activating group) is 1. The number of nitrogens with one attached hydrogen (secondary N) is 2. The zero-order valence-corrected chi connectivity index (χ0v) is 11.7. The molecule has 3 heteroatoms. The SMILES string of the molecule is CNC(=O)C1CC(c2ccc3ccccc3c2)CCN1. The van der Waals surface area contributed by atoms with Crippen molar-refractivity contribution in [1.82, 2.24) is 10.6 Å². The summed E-state index contributed by atoms with van der Waals surface area (Å²) < 4.78 is 0. The molecule has 1 amide bonds. The Hall–Kier alpha value is -1.87. The maximum atomic E-state index is 11.8. The summed E-state index contributed by atoms with van der Waals surface area (Å²) in [5.41, 5.74) is 1.35. The lowest BCUT2D eigenvalue weighted by atomic mass is 9.85. The van der Waals surface area contributed by atoms with Crippen LogP contribution in [-0.2, 0) is 4.79 Å². The van der Waals surface area contributed by atoms with Gasteiger partial charge in [0.15, 0.2) is 0 Å². The first kappa shape index (κ1) is 13.1. The molecule has 1 fully saturated rings. The zero-order chi connectivity index (χ0) is 13.9. The average Bonchev–Trinajstić information content (AvgIpc) is 2.53. The van der Waals surface area contributed by atoms with Gasteiger partial charge in [-0.05, 0) is 41.6 Å². The smallest absolute Gasteiger partial charge is 0.236 e. The standard InChI is InChI=1S/C17H20N2O/c1-18-17(20)16-11-15(8-9-19-16)14-7-6-12-4-2-3-5-13(12)10-14/h2-7,10,15-16,19H,8-9,11H2,1H3,(H,18,20). The van der Waals surface area contributed by atoms with E-state index in [0.717, 1.165) is 19.4 Å². The summed E-state index contributed by atoms with van der Waals surface area (Å²) in [5, 5.41) is 8.58. The van der Waals surface area contributed by atoms with Gasteiger partial charge in [-0.15, -0.1) is 0 Å². The van der Waals surface area contributed by atoms with Gasteiger partial charge >= 0.3 is 0 Å². The van der Waals surface area contributed by atoms with E-state index in [1.165, 1.54) is 16.3 Å². The van der Waals surface area contributed by atoms with Crippen molar-refractivity contribution in [2.24, 2.45) is 0 Å². The molecule has 0 saturated carbocycles. The van der Waals surface area contributed by atoms with Gasteiger partial charge in [0.1, 0.15) is 0 Å². The molecule has 0 aromatic heterocycles. The van der Waals surface area contributed by atoms with E-state index in [2.05, 4.69) is 53.1 Å². The molecule has 104 valence electrons. The average molecular weight is 268 g/mol. The van der Waals surface area contributed by atoms with Crippen LogP contribution in [0.4, 0.5) is 0 Å². The molecule has 3 nitrogen and oxygen atoms in total. The Balaban J connectivity index is 1.84. The van der Waals surface area contributed by atoms with Crippen LogP contribution in [0.15, 0.2) is 42.5 Å². The second-order valence-electron chi connectivity index (χ2n) is 5.45. The Morgan fingerprint density at radius 2 is 2.00 bits per heavy atom. The van der Waals surface area contributed by atoms with Crippen molar-refractivity contribution in [3.05, 3.63) is 48.0 Å². The first-order chi connectivity index (χ1) is 9.78. The summed E-state index contributed by atoms with van der Waals surface area (Å²) in [5.74, 6) is 0.554. The molecule has 0 spiro atoms. The number of hydrogen-bond acceptors (Lipinski definition) is 2. The number of hydrogen-bond donors (Lipinski definition) is 2. The highest BCUT2D eigenvalue weighted by atomic mass is 16.2. The molecule has 1 aliphatic heterocycles. The van der Waals surface area contributed by atoms with Crippen molar-refractivity contribution in [3.8, 4) is 0 Å². The lowest BCUT2D eigenvalue weighted by molar-refractivity contribution is -0.123. The van der Waals surface area contributed by atoms with Crippen LogP contribution in [0.2, 0.25) is 0 Å². The van der Waals surface area contributed by atoms with Crippen molar-refractivity contribution >= 4 is 16.7 Å². The first-order valence-corrected chi connectivity index (χ1v) is 7.21. The van der Waals surface area contributed by atoms with E-state index in [9.17, 15) is 4.79 Å². The molecule has 20 heavy (non-hydrogen) atoms. The fourth-order valence-electron chi connectivity index (χ4n) is 3.06. The number of rotatable bonds is 2. The summed E-state index contributed by atoms with van der Waals surface area (Å²) in [4.78, 5) is 11.8. The molecule has 0 aliphatic carbocycles. The monoisotopic (exact) mass is 268 g/mol. The Morgan fingerprint density at radius 1 is 1.20 bits per heavy atom. The molecule has 2 unspecified atom stereocenters. The minimum absolute atomic E-state index is 0.0646. The molecular weight excluding hydrogens is 248 g/mol. The number of fused-ring (bicyclic) bond motifs is 1. The van der Waals surface area contributed by atoms with E-state index in [4.69, 9.17) is 0 Å². The van der Waals surface area contributed by atoms with Crippen molar-refractivity contribution in [2.75, 3.05) is 13.6 Å². The molecule has 1 aliphatic rings. The topological polar surface area (TPSA) is 41.1 Å². The van der Waals surface area contributed by atoms with Crippen LogP contribution in [0.3, 0.4) is 0 Å². The van der Waals surface area contributed by atoms with Crippen LogP contribution >= 0.6 is 0 Å². The molecule has 1 heterocycles. The van der Waals surface area contributed by atoms with Gasteiger partial charge in [-0.3, -0.25) is 4.79 Å². The quantitative estimate of drug-likeness (QED) is 0.878. The highest BCUT2D eigenvalue weighted by molar-refractivity contribution is 5.83. The number of carbonyl (C=O) groups excluding carboxylic acids is 1. The predicted octanol–water partition coefficient (Wildman–Crippen LogP) is 2.42. The maximum Gasteiger partial charge on any atom is 0.236 e. The summed E-state index contributed by atoms with van der Waals surface area (Å²) in [7, 11) is 1.70. The zero-order valence-electron chi connectivity index (χ0n) is 11.7. The molecule has 0 bridgehead atoms. The van der Waals surface area contributed by atoms with Crippen LogP contribution in [0.25, 0.3) is 10.8 Å². The third kappa shape index (κ3) is 2.54. The van der Waals surface area contributed by atoms with E-state index in [-0.39, 0.29) is 11.9 Å². The predicted molar refractivity (Wildman–Crippen MR) is 81.8 cm³/mol. The Bertz CT molecular complexity index is 623. The summed E-state index contributed by atoms with van der Waals surface area (Å²) >= 11 is 0. The molecule has 2 aromatic carbocycles. The minimum atomic E-state index is -0.0646. The lowest BCUT2D eigenvalue weighted by Crippen LogP contribution is -2.47. The van der Waals surface area contributed by atoms with Gasteiger partial charge in [-0.2, -0.15) is 0 Å². The third-order valence-electron chi connectivity index (χ3n) is 4.21. The van der Waals surface area contributed by atoms with Gasteiger partial charge in [0.25, 0.3) is 0 Å². The minimum Gasteiger partial charge on any atom is -0.358 e. The Morgan fingerprint density at radius 3 is 2.80 bits per heavy atom. The third-order valence-corrected chi connectivity index (χ3v) is 4.21. The maximum absolute atomic E-state index is 11.8. The summed E-state index contributed by atoms with van der Waals surface area (Å²) in [6.07, 6.45) is 1.96. The molecule has 1 saturated heterocycles. The largest absolute Gasteiger partial charge is 0.358 e. The Kier molecular flexibility index (Phi) is 3.70. The first-order valence-electron chi connectivity index (χ1n) is 7.21. The van der Waals surface area contributed by atoms with Crippen LogP contribution in [0.1, 0.15) is 24.3 Å². The second kappa shape index (κ2) is 5.63. The van der Waals surface area contributed by atoms with Gasteiger partial charge in [-0.25, -0.2) is 0 Å². The number of piperidine rings is 1. The van der Waals surface area contributed by atoms with Crippen molar-refractivity contribution < 1.29 is 4.79 Å². The highest BCUT2D eigenvalue weighted by Gasteiger charge is 2.27. The fraction of sp³-hybridized carbons (Fsp3) is 0.353. The van der Waals surface area contributed by atoms with E-state index in [1.807, 2.05) is 0 Å². The second-order valence-corrected chi connectivity index (χ2v) is 5.45. The molecule has 2 aromatic rings. The lowest BCUT2D eigenvalue weighted by Gasteiger charge is -2.29. The fourth-order valence-corrected chi connectivity index (χ4v) is 3.06. The normalized spacial score (nSPS) is 22.6. The molecule has 3 rings (SSSR count). The number of amides is 1. The Labute approximate surface area is 119 Å². The van der Waals surface area contributed by atoms with Gasteiger partial charge < -0.3 is 10.6 Å². The number of carbonyl (C=O) groups is 1. The van der Waals surface area contributed by atoms with Crippen LogP contribution in [0.5, 0.6) is 0 Å². The summed E-state index contributed by atoms with van der Waals surface area (Å²) in [6.45, 7) is 0.898. The molecule has 2 atom stereocenters. The van der Waals surface area contributed by atoms with Crippen LogP contribution < -0.4 is 10.6 Å². The van der Waals surface area contributed by atoms with Crippen molar-refractivity contribution in [2.45, 2.75) is 24.8 Å². The van der Waals surface area contributed by atoms with Gasteiger partial charge in [0, 0.05) is 7.05 Å². The molecular formula is C17H20N2O. The highest BCUT2D eigenvalue weighted by Crippen LogP contribution is 2.30. The van der Waals surface area contributed by atoms with Gasteiger partial charge in [-0.1, -0.05) is 42.5 Å². The van der Waals surface area contributed by atoms with E-state index < -0.39 is 0 Å². The van der Waals surface area contributed by atoms with E-state index in [1.54, 1.807) is 7.05 Å². The van der Waals surface area contributed by atoms with E-state index >= 15 is 0 Å². The van der Waals surface area contributed by atoms with Gasteiger partial charge in [0.05, 0.1) is 6.04 Å². The van der Waals surface area contributed by atoms with Crippen LogP contribution in [-0.4, -0.2) is 25.5 Å². The van der Waals surface area contributed by atoms with Crippen LogP contribution in [0, 0.1) is 0 Å². The van der Waals surface area contributed by atoms with Crippen molar-refractivity contribution in [3.63, 3.8) is 0 Å². The van der Waals surface area contributed by atoms with Gasteiger partial charge in [0.2, 0.25) is 5.91 Å². The molecule has 0 radical (unpaired) electrons.